The highest BCUT2D eigenvalue weighted by Crippen LogP contribution is 2.27. The number of carboxylic acids is 1. The van der Waals surface area contributed by atoms with Crippen molar-refractivity contribution < 1.29 is 9.90 Å². The zero-order chi connectivity index (χ0) is 14.8. The number of hydrogen-bond acceptors (Lipinski definition) is 5. The lowest BCUT2D eigenvalue weighted by molar-refractivity contribution is -0.133. The van der Waals surface area contributed by atoms with Crippen molar-refractivity contribution in [2.24, 2.45) is 0 Å². The molecule has 0 spiro atoms. The highest BCUT2D eigenvalue weighted by molar-refractivity contribution is 7.99. The summed E-state index contributed by atoms with van der Waals surface area (Å²) in [6, 6.07) is 2.65. The number of carboxylic acid groups (broad SMARTS) is 1. The second-order valence-corrected chi connectivity index (χ2v) is 6.25. The van der Waals surface area contributed by atoms with Crippen LogP contribution in [0.2, 0.25) is 0 Å². The fraction of sp³-hybridized carbons (Fsp3) is 0.500. The number of rotatable bonds is 7. The monoisotopic (exact) mass is 306 g/mol. The molecule has 0 aromatic carbocycles. The van der Waals surface area contributed by atoms with Gasteiger partial charge in [0.25, 0.3) is 0 Å². The molecule has 0 unspecified atom stereocenters. The first-order valence-corrected chi connectivity index (χ1v) is 7.99. The van der Waals surface area contributed by atoms with Gasteiger partial charge in [-0.05, 0) is 26.0 Å². The molecule has 0 atom stereocenters. The summed E-state index contributed by atoms with van der Waals surface area (Å²) in [7, 11) is 2.14. The predicted octanol–water partition coefficient (Wildman–Crippen LogP) is 1.70. The van der Waals surface area contributed by atoms with Crippen LogP contribution in [-0.2, 0) is 11.3 Å². The summed E-state index contributed by atoms with van der Waals surface area (Å²) in [5.74, 6) is -0.804. The number of nitrogens with zero attached hydrogens (tertiary/aromatic N) is 4. The average Bonchev–Trinajstić information content (AvgIpc) is 3.25. The van der Waals surface area contributed by atoms with E-state index in [0.29, 0.717) is 0 Å². The highest BCUT2D eigenvalue weighted by atomic mass is 32.2. The van der Waals surface area contributed by atoms with Gasteiger partial charge in [0.05, 0.1) is 17.5 Å². The first-order chi connectivity index (χ1) is 10.1. The van der Waals surface area contributed by atoms with Crippen LogP contribution in [0, 0.1) is 0 Å². The molecule has 0 aliphatic heterocycles. The Hall–Kier alpha value is -1.60. The second-order valence-electron chi connectivity index (χ2n) is 5.30. The summed E-state index contributed by atoms with van der Waals surface area (Å²) in [5.41, 5.74) is 1.83. The van der Waals surface area contributed by atoms with Gasteiger partial charge in [0.15, 0.2) is 5.16 Å². The van der Waals surface area contributed by atoms with Crippen molar-refractivity contribution in [3.8, 4) is 0 Å². The van der Waals surface area contributed by atoms with Gasteiger partial charge in [-0.2, -0.15) is 0 Å². The number of aliphatic carboxylic acids is 1. The molecule has 2 aromatic rings. The van der Waals surface area contributed by atoms with Gasteiger partial charge in [0.2, 0.25) is 0 Å². The Morgan fingerprint density at radius 2 is 2.38 bits per heavy atom. The number of likely N-dealkylation sites (N-methyl/N-ethyl adjacent to an activating group) is 1. The van der Waals surface area contributed by atoms with Crippen LogP contribution in [0.15, 0.2) is 23.6 Å². The van der Waals surface area contributed by atoms with Crippen LogP contribution in [-0.4, -0.2) is 55.9 Å². The number of imidazole rings is 1. The van der Waals surface area contributed by atoms with Crippen molar-refractivity contribution in [3.63, 3.8) is 0 Å². The molecule has 3 rings (SSSR count). The maximum absolute atomic E-state index is 10.8. The van der Waals surface area contributed by atoms with E-state index in [0.717, 1.165) is 35.3 Å². The third-order valence-corrected chi connectivity index (χ3v) is 4.65. The SMILES string of the molecule is CN(CCn1c(SCC(=O)O)nc2cnccc21)C1CC1. The van der Waals surface area contributed by atoms with Crippen LogP contribution in [0.4, 0.5) is 0 Å². The maximum atomic E-state index is 10.8. The smallest absolute Gasteiger partial charge is 0.313 e. The molecular formula is C14H18N4O2S. The van der Waals surface area contributed by atoms with E-state index < -0.39 is 5.97 Å². The molecule has 0 bridgehead atoms. The Balaban J connectivity index is 1.81. The van der Waals surface area contributed by atoms with Crippen molar-refractivity contribution >= 4 is 28.8 Å². The standard InChI is InChI=1S/C14H18N4O2S/c1-17(10-2-3-10)6-7-18-12-4-5-15-8-11(12)16-14(18)21-9-13(19)20/h4-5,8,10H,2-3,6-7,9H2,1H3,(H,19,20). The lowest BCUT2D eigenvalue weighted by Crippen LogP contribution is -2.25. The lowest BCUT2D eigenvalue weighted by Gasteiger charge is -2.17. The molecule has 0 amide bonds. The fourth-order valence-electron chi connectivity index (χ4n) is 2.37. The van der Waals surface area contributed by atoms with E-state index in [9.17, 15) is 4.79 Å². The third-order valence-electron chi connectivity index (χ3n) is 3.69. The van der Waals surface area contributed by atoms with Crippen LogP contribution in [0.3, 0.4) is 0 Å². The molecule has 1 saturated carbocycles. The molecule has 112 valence electrons. The molecule has 1 fully saturated rings. The summed E-state index contributed by atoms with van der Waals surface area (Å²) in [6.45, 7) is 1.76. The number of aromatic nitrogens is 3. The van der Waals surface area contributed by atoms with E-state index in [-0.39, 0.29) is 5.75 Å². The third kappa shape index (κ3) is 3.36. The number of fused-ring (bicyclic) bond motifs is 1. The van der Waals surface area contributed by atoms with Gasteiger partial charge >= 0.3 is 5.97 Å². The van der Waals surface area contributed by atoms with Gasteiger partial charge in [-0.25, -0.2) is 4.98 Å². The average molecular weight is 306 g/mol. The number of carbonyl (C=O) groups is 1. The second kappa shape index (κ2) is 6.03. The highest BCUT2D eigenvalue weighted by Gasteiger charge is 2.26. The largest absolute Gasteiger partial charge is 0.481 e. The number of pyridine rings is 1. The predicted molar refractivity (Wildman–Crippen MR) is 81.5 cm³/mol. The summed E-state index contributed by atoms with van der Waals surface area (Å²) in [4.78, 5) is 21.7. The fourth-order valence-corrected chi connectivity index (χ4v) is 3.13. The van der Waals surface area contributed by atoms with Gasteiger partial charge in [-0.3, -0.25) is 9.78 Å². The molecule has 6 nitrogen and oxygen atoms in total. The normalized spacial score (nSPS) is 15.0. The Morgan fingerprint density at radius 1 is 1.57 bits per heavy atom. The molecule has 0 saturated heterocycles. The molecule has 1 aliphatic carbocycles. The summed E-state index contributed by atoms with van der Waals surface area (Å²) in [5, 5.41) is 9.62. The Morgan fingerprint density at radius 3 is 3.10 bits per heavy atom. The van der Waals surface area contributed by atoms with E-state index in [1.807, 2.05) is 6.07 Å². The number of thioether (sulfide) groups is 1. The van der Waals surface area contributed by atoms with Crippen LogP contribution in [0.25, 0.3) is 11.0 Å². The van der Waals surface area contributed by atoms with Crippen LogP contribution >= 0.6 is 11.8 Å². The van der Waals surface area contributed by atoms with Crippen LogP contribution in [0.5, 0.6) is 0 Å². The molecule has 0 radical (unpaired) electrons. The minimum atomic E-state index is -0.827. The number of hydrogen-bond donors (Lipinski definition) is 1. The zero-order valence-electron chi connectivity index (χ0n) is 11.9. The quantitative estimate of drug-likeness (QED) is 0.785. The lowest BCUT2D eigenvalue weighted by atomic mass is 10.4. The summed E-state index contributed by atoms with van der Waals surface area (Å²) >= 11 is 1.26. The zero-order valence-corrected chi connectivity index (χ0v) is 12.7. The van der Waals surface area contributed by atoms with Gasteiger partial charge in [-0.1, -0.05) is 11.8 Å². The van der Waals surface area contributed by atoms with Crippen molar-refractivity contribution in [1.82, 2.24) is 19.4 Å². The van der Waals surface area contributed by atoms with Gasteiger partial charge < -0.3 is 14.6 Å². The van der Waals surface area contributed by atoms with Crippen molar-refractivity contribution in [2.45, 2.75) is 30.6 Å². The van der Waals surface area contributed by atoms with Gasteiger partial charge in [0.1, 0.15) is 5.52 Å². The van der Waals surface area contributed by atoms with Crippen molar-refractivity contribution in [3.05, 3.63) is 18.5 Å². The first-order valence-electron chi connectivity index (χ1n) is 7.00. The summed E-state index contributed by atoms with van der Waals surface area (Å²) < 4.78 is 2.10. The van der Waals surface area contributed by atoms with Crippen molar-refractivity contribution in [2.75, 3.05) is 19.3 Å². The minimum Gasteiger partial charge on any atom is -0.481 e. The first kappa shape index (κ1) is 14.3. The Kier molecular flexibility index (Phi) is 4.12. The maximum Gasteiger partial charge on any atom is 0.313 e. The van der Waals surface area contributed by atoms with Gasteiger partial charge in [0, 0.05) is 25.3 Å². The molecule has 21 heavy (non-hydrogen) atoms. The molecule has 1 N–H and O–H groups in total. The molecule has 2 heterocycles. The van der Waals surface area contributed by atoms with E-state index >= 15 is 0 Å². The van der Waals surface area contributed by atoms with E-state index in [1.165, 1.54) is 24.6 Å². The van der Waals surface area contributed by atoms with Gasteiger partial charge in [-0.15, -0.1) is 0 Å². The van der Waals surface area contributed by atoms with E-state index in [1.54, 1.807) is 12.4 Å². The molecular weight excluding hydrogens is 288 g/mol. The van der Waals surface area contributed by atoms with Crippen LogP contribution in [0.1, 0.15) is 12.8 Å². The molecule has 1 aliphatic rings. The molecule has 7 heteroatoms. The van der Waals surface area contributed by atoms with E-state index in [4.69, 9.17) is 5.11 Å². The van der Waals surface area contributed by atoms with Crippen LogP contribution < -0.4 is 0 Å². The minimum absolute atomic E-state index is 0.0230. The topological polar surface area (TPSA) is 71.2 Å². The summed E-state index contributed by atoms with van der Waals surface area (Å²) in [6.07, 6.45) is 6.04. The Bertz CT molecular complexity index is 653. The van der Waals surface area contributed by atoms with E-state index in [2.05, 4.69) is 26.5 Å². The molecule has 2 aromatic heterocycles. The van der Waals surface area contributed by atoms with Crippen molar-refractivity contribution in [1.29, 1.82) is 0 Å². The Labute approximate surface area is 127 Å².